The molecule has 0 spiro atoms. The van der Waals surface area contributed by atoms with Crippen LogP contribution in [0, 0.1) is 11.6 Å². The van der Waals surface area contributed by atoms with Gasteiger partial charge in [0.15, 0.2) is 11.6 Å². The minimum Gasteiger partial charge on any atom is -0.314 e. The molecule has 2 aromatic carbocycles. The van der Waals surface area contributed by atoms with Crippen LogP contribution in [0.5, 0.6) is 0 Å². The zero-order chi connectivity index (χ0) is 19.3. The molecule has 2 aromatic rings. The fraction of sp³-hybridized carbons (Fsp3) is 0.368. The Morgan fingerprint density at radius 3 is 2.35 bits per heavy atom. The van der Waals surface area contributed by atoms with Gasteiger partial charge in [-0.3, -0.25) is 0 Å². The van der Waals surface area contributed by atoms with Gasteiger partial charge in [-0.15, -0.1) is 0 Å². The molecule has 0 fully saturated rings. The van der Waals surface area contributed by atoms with E-state index < -0.39 is 23.4 Å². The Labute approximate surface area is 154 Å². The van der Waals surface area contributed by atoms with Crippen LogP contribution in [0.25, 0.3) is 0 Å². The minimum absolute atomic E-state index is 0.0239. The fourth-order valence-corrected chi connectivity index (χ4v) is 2.90. The molecule has 0 aromatic heterocycles. The quantitative estimate of drug-likeness (QED) is 0.465. The SMILES string of the molecule is CC(Cc1ccc(F)c(F)c1)NCCCc1ccc(Cl)c(C(F)(F)F)c1. The topological polar surface area (TPSA) is 12.0 Å². The Kier molecular flexibility index (Phi) is 7.01. The lowest BCUT2D eigenvalue weighted by atomic mass is 10.0. The molecule has 0 heterocycles. The van der Waals surface area contributed by atoms with E-state index >= 15 is 0 Å². The molecule has 0 saturated carbocycles. The van der Waals surface area contributed by atoms with Crippen molar-refractivity contribution < 1.29 is 22.0 Å². The van der Waals surface area contributed by atoms with Crippen LogP contribution in [-0.4, -0.2) is 12.6 Å². The Morgan fingerprint density at radius 2 is 1.69 bits per heavy atom. The normalized spacial score (nSPS) is 13.0. The summed E-state index contributed by atoms with van der Waals surface area (Å²) < 4.78 is 64.6. The van der Waals surface area contributed by atoms with E-state index in [0.717, 1.165) is 12.1 Å². The third kappa shape index (κ3) is 5.95. The van der Waals surface area contributed by atoms with Gasteiger partial charge in [-0.25, -0.2) is 8.78 Å². The molecule has 0 radical (unpaired) electrons. The molecule has 142 valence electrons. The summed E-state index contributed by atoms with van der Waals surface area (Å²) in [4.78, 5) is 0. The molecule has 0 bridgehead atoms. The highest BCUT2D eigenvalue weighted by atomic mass is 35.5. The van der Waals surface area contributed by atoms with Gasteiger partial charge >= 0.3 is 6.18 Å². The molecular weight excluding hydrogens is 373 g/mol. The molecule has 0 saturated heterocycles. The maximum Gasteiger partial charge on any atom is 0.417 e. The first-order valence-electron chi connectivity index (χ1n) is 8.19. The summed E-state index contributed by atoms with van der Waals surface area (Å²) >= 11 is 5.60. The molecule has 0 amide bonds. The van der Waals surface area contributed by atoms with E-state index in [2.05, 4.69) is 5.32 Å². The standard InChI is InChI=1S/C19H19ClF5N/c1-12(9-14-5-7-17(21)18(22)11-14)26-8-2-3-13-4-6-16(20)15(10-13)19(23,24)25/h4-7,10-12,26H,2-3,8-9H2,1H3. The second-order valence-corrected chi connectivity index (χ2v) is 6.63. The number of alkyl halides is 3. The van der Waals surface area contributed by atoms with Gasteiger partial charge in [-0.1, -0.05) is 23.7 Å². The van der Waals surface area contributed by atoms with E-state index in [4.69, 9.17) is 11.6 Å². The smallest absolute Gasteiger partial charge is 0.314 e. The summed E-state index contributed by atoms with van der Waals surface area (Å²) in [5.41, 5.74) is 0.421. The lowest BCUT2D eigenvalue weighted by Gasteiger charge is -2.14. The zero-order valence-corrected chi connectivity index (χ0v) is 14.9. The van der Waals surface area contributed by atoms with Crippen molar-refractivity contribution in [3.05, 3.63) is 69.7 Å². The second kappa shape index (κ2) is 8.82. The Hall–Kier alpha value is -1.66. The van der Waals surface area contributed by atoms with Gasteiger partial charge in [0.2, 0.25) is 0 Å². The summed E-state index contributed by atoms with van der Waals surface area (Å²) in [6.07, 6.45) is -2.83. The predicted octanol–water partition coefficient (Wildman–Crippen LogP) is 5.79. The van der Waals surface area contributed by atoms with Gasteiger partial charge < -0.3 is 5.32 Å². The van der Waals surface area contributed by atoms with Crippen molar-refractivity contribution in [2.75, 3.05) is 6.54 Å². The van der Waals surface area contributed by atoms with E-state index in [1.807, 2.05) is 6.92 Å². The third-order valence-corrected chi connectivity index (χ3v) is 4.33. The van der Waals surface area contributed by atoms with E-state index in [0.29, 0.717) is 36.9 Å². The van der Waals surface area contributed by atoms with Crippen molar-refractivity contribution >= 4 is 11.6 Å². The summed E-state index contributed by atoms with van der Waals surface area (Å²) in [7, 11) is 0. The van der Waals surface area contributed by atoms with Crippen LogP contribution in [0.4, 0.5) is 22.0 Å². The molecule has 0 aliphatic heterocycles. The first-order chi connectivity index (χ1) is 12.2. The highest BCUT2D eigenvalue weighted by Crippen LogP contribution is 2.35. The molecule has 0 aliphatic carbocycles. The molecule has 7 heteroatoms. The molecule has 1 atom stereocenters. The van der Waals surface area contributed by atoms with Crippen LogP contribution in [0.15, 0.2) is 36.4 Å². The van der Waals surface area contributed by atoms with Crippen molar-refractivity contribution in [2.45, 2.75) is 38.4 Å². The van der Waals surface area contributed by atoms with Gasteiger partial charge in [-0.05, 0) is 68.1 Å². The van der Waals surface area contributed by atoms with Crippen LogP contribution >= 0.6 is 11.6 Å². The number of benzene rings is 2. The number of hydrogen-bond donors (Lipinski definition) is 1. The van der Waals surface area contributed by atoms with Crippen LogP contribution in [0.3, 0.4) is 0 Å². The summed E-state index contributed by atoms with van der Waals surface area (Å²) in [6.45, 7) is 2.50. The van der Waals surface area contributed by atoms with Gasteiger partial charge in [0, 0.05) is 6.04 Å². The van der Waals surface area contributed by atoms with Gasteiger partial charge in [-0.2, -0.15) is 13.2 Å². The van der Waals surface area contributed by atoms with Crippen LogP contribution in [0.2, 0.25) is 5.02 Å². The van der Waals surface area contributed by atoms with E-state index in [9.17, 15) is 22.0 Å². The monoisotopic (exact) mass is 391 g/mol. The maximum atomic E-state index is 13.2. The molecule has 2 rings (SSSR count). The van der Waals surface area contributed by atoms with Crippen molar-refractivity contribution in [2.24, 2.45) is 0 Å². The lowest BCUT2D eigenvalue weighted by Crippen LogP contribution is -2.29. The average Bonchev–Trinajstić information content (AvgIpc) is 2.55. The second-order valence-electron chi connectivity index (χ2n) is 6.22. The van der Waals surface area contributed by atoms with Crippen LogP contribution in [0.1, 0.15) is 30.0 Å². The van der Waals surface area contributed by atoms with Crippen molar-refractivity contribution in [3.8, 4) is 0 Å². The molecule has 1 unspecified atom stereocenters. The fourth-order valence-electron chi connectivity index (χ4n) is 2.68. The molecule has 26 heavy (non-hydrogen) atoms. The highest BCUT2D eigenvalue weighted by Gasteiger charge is 2.33. The third-order valence-electron chi connectivity index (χ3n) is 4.00. The van der Waals surface area contributed by atoms with Gasteiger partial charge in [0.1, 0.15) is 0 Å². The van der Waals surface area contributed by atoms with Gasteiger partial charge in [0.25, 0.3) is 0 Å². The van der Waals surface area contributed by atoms with Crippen LogP contribution in [-0.2, 0) is 19.0 Å². The minimum atomic E-state index is -4.47. The predicted molar refractivity (Wildman–Crippen MR) is 92.3 cm³/mol. The largest absolute Gasteiger partial charge is 0.417 e. The summed E-state index contributed by atoms with van der Waals surface area (Å²) in [5.74, 6) is -1.76. The van der Waals surface area contributed by atoms with Crippen LogP contribution < -0.4 is 5.32 Å². The number of aryl methyl sites for hydroxylation is 1. The lowest BCUT2D eigenvalue weighted by molar-refractivity contribution is -0.137. The zero-order valence-electron chi connectivity index (χ0n) is 14.1. The number of nitrogens with one attached hydrogen (secondary N) is 1. The summed E-state index contributed by atoms with van der Waals surface area (Å²) in [6, 6.07) is 7.74. The van der Waals surface area contributed by atoms with Crippen molar-refractivity contribution in [3.63, 3.8) is 0 Å². The Morgan fingerprint density at radius 1 is 1.00 bits per heavy atom. The van der Waals surface area contributed by atoms with E-state index in [1.165, 1.54) is 18.2 Å². The van der Waals surface area contributed by atoms with Crippen molar-refractivity contribution in [1.29, 1.82) is 0 Å². The molecule has 1 N–H and O–H groups in total. The molecule has 1 nitrogen and oxygen atoms in total. The molecule has 0 aliphatic rings. The number of rotatable bonds is 7. The van der Waals surface area contributed by atoms with E-state index in [-0.39, 0.29) is 11.1 Å². The summed E-state index contributed by atoms with van der Waals surface area (Å²) in [5, 5.41) is 2.92. The Bertz CT molecular complexity index is 745. The average molecular weight is 392 g/mol. The Balaban J connectivity index is 1.80. The van der Waals surface area contributed by atoms with E-state index in [1.54, 1.807) is 6.07 Å². The van der Waals surface area contributed by atoms with Gasteiger partial charge in [0.05, 0.1) is 10.6 Å². The number of halogens is 6. The first kappa shape index (κ1) is 20.6. The number of hydrogen-bond acceptors (Lipinski definition) is 1. The highest BCUT2D eigenvalue weighted by molar-refractivity contribution is 6.31. The maximum absolute atomic E-state index is 13.2. The molecular formula is C19H19ClF5N. The first-order valence-corrected chi connectivity index (χ1v) is 8.57. The van der Waals surface area contributed by atoms with Crippen molar-refractivity contribution in [1.82, 2.24) is 5.32 Å².